The largest absolute Gasteiger partial charge is 0.488 e. The third-order valence-corrected chi connectivity index (χ3v) is 7.47. The number of carbonyl (C=O) groups excluding carboxylic acids is 2. The van der Waals surface area contributed by atoms with Gasteiger partial charge >= 0.3 is 5.97 Å². The van der Waals surface area contributed by atoms with E-state index in [1.165, 1.54) is 6.07 Å². The van der Waals surface area contributed by atoms with Crippen LogP contribution in [-0.2, 0) is 16.1 Å². The molecule has 0 bridgehead atoms. The van der Waals surface area contributed by atoms with Crippen molar-refractivity contribution >= 4 is 40.3 Å². The molecule has 0 aromatic heterocycles. The second kappa shape index (κ2) is 12.0. The molecule has 1 heterocycles. The highest BCUT2D eigenvalue weighted by atomic mass is 35.5. The molecule has 5 rings (SSSR count). The van der Waals surface area contributed by atoms with Crippen molar-refractivity contribution in [2.45, 2.75) is 52.1 Å². The Hall–Kier alpha value is -3.64. The van der Waals surface area contributed by atoms with Crippen LogP contribution < -0.4 is 9.64 Å². The van der Waals surface area contributed by atoms with E-state index in [0.29, 0.717) is 40.6 Å². The molecule has 202 valence electrons. The quantitative estimate of drug-likeness (QED) is 0.269. The van der Waals surface area contributed by atoms with E-state index < -0.39 is 5.97 Å². The molecular weight excluding hydrogens is 517 g/mol. The lowest BCUT2D eigenvalue weighted by molar-refractivity contribution is -0.119. The molecule has 1 fully saturated rings. The maximum atomic E-state index is 14.2. The lowest BCUT2D eigenvalue weighted by atomic mass is 9.94. The predicted molar refractivity (Wildman–Crippen MR) is 151 cm³/mol. The number of hydrogen-bond acceptors (Lipinski definition) is 4. The second-order valence-corrected chi connectivity index (χ2v) is 10.3. The monoisotopic (exact) mass is 547 g/mol. The van der Waals surface area contributed by atoms with Crippen molar-refractivity contribution < 1.29 is 23.5 Å². The van der Waals surface area contributed by atoms with Gasteiger partial charge in [-0.25, -0.2) is 9.18 Å². The van der Waals surface area contributed by atoms with Gasteiger partial charge in [0.1, 0.15) is 18.2 Å². The summed E-state index contributed by atoms with van der Waals surface area (Å²) < 4.78 is 25.7. The Kier molecular flexibility index (Phi) is 8.32. The molecule has 0 atom stereocenters. The molecule has 1 saturated heterocycles. The smallest absolute Gasteiger partial charge is 0.338 e. The van der Waals surface area contributed by atoms with Gasteiger partial charge in [0.15, 0.2) is 0 Å². The van der Waals surface area contributed by atoms with E-state index in [9.17, 15) is 14.0 Å². The maximum Gasteiger partial charge on any atom is 0.338 e. The number of ether oxygens (including phenoxy) is 2. The molecule has 5 nitrogen and oxygen atoms in total. The first-order valence-electron chi connectivity index (χ1n) is 13.5. The van der Waals surface area contributed by atoms with Gasteiger partial charge in [-0.2, -0.15) is 0 Å². The van der Waals surface area contributed by atoms with Gasteiger partial charge in [-0.1, -0.05) is 29.8 Å². The summed E-state index contributed by atoms with van der Waals surface area (Å²) in [6.07, 6.45) is 4.81. The molecule has 1 aliphatic carbocycles. The number of rotatable bonds is 8. The summed E-state index contributed by atoms with van der Waals surface area (Å²) in [5.74, 6) is -0.0521. The minimum atomic E-state index is -0.415. The number of piperidine rings is 1. The Morgan fingerprint density at radius 2 is 1.79 bits per heavy atom. The number of allylic oxidation sites excluding steroid dienone is 2. The Morgan fingerprint density at radius 3 is 2.59 bits per heavy atom. The number of nitrogens with zero attached hydrogens (tertiary/aromatic N) is 1. The van der Waals surface area contributed by atoms with Crippen LogP contribution >= 0.6 is 11.6 Å². The molecule has 0 unspecified atom stereocenters. The average molecular weight is 548 g/mol. The fraction of sp³-hybridized carbons (Fsp3) is 0.312. The molecule has 0 saturated carbocycles. The van der Waals surface area contributed by atoms with E-state index in [1.807, 2.05) is 24.3 Å². The molecule has 1 aliphatic heterocycles. The minimum absolute atomic E-state index is 0.0625. The van der Waals surface area contributed by atoms with Crippen LogP contribution in [0.2, 0.25) is 5.02 Å². The molecule has 7 heteroatoms. The van der Waals surface area contributed by atoms with Crippen molar-refractivity contribution in [1.82, 2.24) is 0 Å². The van der Waals surface area contributed by atoms with E-state index in [4.69, 9.17) is 21.1 Å². The molecule has 3 aromatic carbocycles. The van der Waals surface area contributed by atoms with Crippen LogP contribution in [0.15, 0.2) is 60.7 Å². The van der Waals surface area contributed by atoms with Crippen LogP contribution in [0.4, 0.5) is 10.1 Å². The first kappa shape index (κ1) is 26.9. The van der Waals surface area contributed by atoms with Gasteiger partial charge in [0.2, 0.25) is 5.91 Å². The molecule has 2 aliphatic rings. The Balaban J connectivity index is 1.57. The van der Waals surface area contributed by atoms with Gasteiger partial charge in [-0.3, -0.25) is 4.79 Å². The highest BCUT2D eigenvalue weighted by Crippen LogP contribution is 2.44. The summed E-state index contributed by atoms with van der Waals surface area (Å²) in [5.41, 5.74) is 5.47. The number of hydrogen-bond donors (Lipinski definition) is 0. The Morgan fingerprint density at radius 1 is 0.974 bits per heavy atom. The summed E-state index contributed by atoms with van der Waals surface area (Å²) in [6, 6.07) is 17.6. The summed E-state index contributed by atoms with van der Waals surface area (Å²) in [4.78, 5) is 27.3. The SMILES string of the molecule is CCOC(=O)c1cc(C2=C(c3cc(Cl)ccc3OCc3ccccc3F)CCC2)cc(N2CCCCC2=O)c1. The zero-order valence-electron chi connectivity index (χ0n) is 22.0. The van der Waals surface area contributed by atoms with Crippen molar-refractivity contribution in [3.63, 3.8) is 0 Å². The number of benzene rings is 3. The zero-order valence-corrected chi connectivity index (χ0v) is 22.7. The van der Waals surface area contributed by atoms with Crippen LogP contribution in [0.1, 0.15) is 72.5 Å². The molecule has 0 radical (unpaired) electrons. The number of amides is 1. The molecular formula is C32H31ClFNO4. The normalized spacial score (nSPS) is 15.6. The number of halogens is 2. The van der Waals surface area contributed by atoms with Gasteiger partial charge in [0, 0.05) is 34.8 Å². The summed E-state index contributed by atoms with van der Waals surface area (Å²) in [6.45, 7) is 2.75. The van der Waals surface area contributed by atoms with Gasteiger partial charge < -0.3 is 14.4 Å². The summed E-state index contributed by atoms with van der Waals surface area (Å²) >= 11 is 6.43. The van der Waals surface area contributed by atoms with E-state index in [1.54, 1.807) is 42.2 Å². The van der Waals surface area contributed by atoms with Crippen molar-refractivity contribution in [2.24, 2.45) is 0 Å². The van der Waals surface area contributed by atoms with E-state index in [2.05, 4.69) is 0 Å². The number of anilines is 1. The molecule has 0 spiro atoms. The minimum Gasteiger partial charge on any atom is -0.488 e. The fourth-order valence-corrected chi connectivity index (χ4v) is 5.52. The van der Waals surface area contributed by atoms with Crippen LogP contribution in [0.25, 0.3) is 11.1 Å². The topological polar surface area (TPSA) is 55.8 Å². The Labute approximate surface area is 233 Å². The summed E-state index contributed by atoms with van der Waals surface area (Å²) in [7, 11) is 0. The molecule has 1 amide bonds. The molecule has 39 heavy (non-hydrogen) atoms. The highest BCUT2D eigenvalue weighted by Gasteiger charge is 2.26. The second-order valence-electron chi connectivity index (χ2n) is 9.82. The van der Waals surface area contributed by atoms with Gasteiger partial charge in [0.05, 0.1) is 12.2 Å². The van der Waals surface area contributed by atoms with Crippen molar-refractivity contribution in [2.75, 3.05) is 18.1 Å². The van der Waals surface area contributed by atoms with Crippen LogP contribution in [0.5, 0.6) is 5.75 Å². The number of carbonyl (C=O) groups is 2. The van der Waals surface area contributed by atoms with Crippen LogP contribution in [-0.4, -0.2) is 25.0 Å². The maximum absolute atomic E-state index is 14.2. The lowest BCUT2D eigenvalue weighted by Crippen LogP contribution is -2.35. The van der Waals surface area contributed by atoms with Gasteiger partial charge in [0.25, 0.3) is 0 Å². The number of esters is 1. The fourth-order valence-electron chi connectivity index (χ4n) is 5.35. The average Bonchev–Trinajstić information content (AvgIpc) is 3.43. The first-order valence-corrected chi connectivity index (χ1v) is 13.8. The van der Waals surface area contributed by atoms with Crippen molar-refractivity contribution in [3.05, 3.63) is 93.8 Å². The zero-order chi connectivity index (χ0) is 27.4. The predicted octanol–water partition coefficient (Wildman–Crippen LogP) is 7.85. The molecule has 3 aromatic rings. The van der Waals surface area contributed by atoms with Crippen LogP contribution in [0.3, 0.4) is 0 Å². The lowest BCUT2D eigenvalue weighted by Gasteiger charge is -2.28. The first-order chi connectivity index (χ1) is 18.9. The molecule has 0 N–H and O–H groups in total. The summed E-state index contributed by atoms with van der Waals surface area (Å²) in [5, 5.41) is 0.571. The van der Waals surface area contributed by atoms with Crippen LogP contribution in [0, 0.1) is 5.82 Å². The van der Waals surface area contributed by atoms with Gasteiger partial charge in [-0.05, 0) is 98.2 Å². The van der Waals surface area contributed by atoms with E-state index >= 15 is 0 Å². The highest BCUT2D eigenvalue weighted by molar-refractivity contribution is 6.30. The van der Waals surface area contributed by atoms with E-state index in [0.717, 1.165) is 54.4 Å². The third-order valence-electron chi connectivity index (χ3n) is 7.24. The van der Waals surface area contributed by atoms with Gasteiger partial charge in [-0.15, -0.1) is 0 Å². The third kappa shape index (κ3) is 6.01. The van der Waals surface area contributed by atoms with E-state index in [-0.39, 0.29) is 24.9 Å². The van der Waals surface area contributed by atoms with Crippen molar-refractivity contribution in [1.29, 1.82) is 0 Å². The van der Waals surface area contributed by atoms with Crippen molar-refractivity contribution in [3.8, 4) is 5.75 Å². The standard InChI is InChI=1S/C32H31ClFNO4/c1-2-38-32(37)23-16-22(17-25(18-23)35-15-6-5-12-31(35)36)26-9-7-10-27(26)28-19-24(33)13-14-30(28)39-20-21-8-3-4-11-29(21)34/h3-4,8,11,13-14,16-19H,2,5-7,9-10,12,15,20H2,1H3. The Bertz CT molecular complexity index is 1430.